The van der Waals surface area contributed by atoms with Gasteiger partial charge in [0.2, 0.25) is 5.91 Å². The van der Waals surface area contributed by atoms with Gasteiger partial charge in [-0.25, -0.2) is 23.7 Å². The van der Waals surface area contributed by atoms with Gasteiger partial charge in [-0.1, -0.05) is 23.7 Å². The summed E-state index contributed by atoms with van der Waals surface area (Å²) in [5.74, 6) is -2.41. The Hall–Kier alpha value is -2.35. The van der Waals surface area contributed by atoms with E-state index < -0.39 is 17.8 Å². The molecule has 3 heterocycles. The minimum atomic E-state index is -0.685. The zero-order valence-electron chi connectivity index (χ0n) is 14.7. The van der Waals surface area contributed by atoms with Gasteiger partial charge < -0.3 is 0 Å². The molecule has 2 amide bonds. The van der Waals surface area contributed by atoms with Crippen LogP contribution in [0.3, 0.4) is 0 Å². The number of hydrazine groups is 1. The second-order valence-electron chi connectivity index (χ2n) is 7.26. The zero-order chi connectivity index (χ0) is 19.6. The number of nitrogens with zero attached hydrogens (tertiary/aromatic N) is 3. The Balaban J connectivity index is 1.58. The SMILES string of the molecule is O=C1[C@@H]2[C@@H](c3ccc(F)cc3)N3CCCN3[C@H]2C(=O)N1c1ccc(Cl)c(F)c1. The standard InChI is InChI=1S/C20H16ClF2N3O2/c21-14-7-6-13(10-15(14)23)26-19(27)16-17(11-2-4-12(22)5-3-11)24-8-1-9-25(24)18(16)20(26)28/h2-7,10,16-18H,1,8-9H2/t16-,17-,18-/m1/s1. The second-order valence-corrected chi connectivity index (χ2v) is 7.66. The molecule has 3 fully saturated rings. The van der Waals surface area contributed by atoms with E-state index in [0.29, 0.717) is 6.54 Å². The number of fused-ring (bicyclic) bond motifs is 3. The number of hydrogen-bond acceptors (Lipinski definition) is 4. The molecule has 5 rings (SSSR count). The molecule has 0 bridgehead atoms. The predicted octanol–water partition coefficient (Wildman–Crippen LogP) is 3.15. The van der Waals surface area contributed by atoms with Crippen molar-refractivity contribution in [1.82, 2.24) is 10.0 Å². The Morgan fingerprint density at radius 1 is 0.893 bits per heavy atom. The molecule has 0 aromatic heterocycles. The van der Waals surface area contributed by atoms with Crippen molar-refractivity contribution in [2.75, 3.05) is 18.0 Å². The smallest absolute Gasteiger partial charge is 0.253 e. The van der Waals surface area contributed by atoms with Gasteiger partial charge in [-0.2, -0.15) is 0 Å². The predicted molar refractivity (Wildman–Crippen MR) is 98.4 cm³/mol. The molecule has 0 radical (unpaired) electrons. The molecule has 0 saturated carbocycles. The quantitative estimate of drug-likeness (QED) is 0.723. The van der Waals surface area contributed by atoms with Gasteiger partial charge in [0.1, 0.15) is 17.7 Å². The van der Waals surface area contributed by atoms with Crippen LogP contribution < -0.4 is 4.90 Å². The van der Waals surface area contributed by atoms with E-state index in [1.165, 1.54) is 24.3 Å². The van der Waals surface area contributed by atoms with Gasteiger partial charge in [0.05, 0.1) is 22.7 Å². The van der Waals surface area contributed by atoms with E-state index in [9.17, 15) is 18.4 Å². The lowest BCUT2D eigenvalue weighted by Crippen LogP contribution is -2.44. The van der Waals surface area contributed by atoms with Crippen molar-refractivity contribution in [2.24, 2.45) is 5.92 Å². The highest BCUT2D eigenvalue weighted by molar-refractivity contribution is 6.31. The maximum Gasteiger partial charge on any atom is 0.253 e. The van der Waals surface area contributed by atoms with E-state index >= 15 is 0 Å². The van der Waals surface area contributed by atoms with Crippen LogP contribution in [0.5, 0.6) is 0 Å². The van der Waals surface area contributed by atoms with Gasteiger partial charge in [0, 0.05) is 13.1 Å². The van der Waals surface area contributed by atoms with Crippen LogP contribution in [-0.2, 0) is 9.59 Å². The van der Waals surface area contributed by atoms with Crippen LogP contribution in [0.1, 0.15) is 18.0 Å². The van der Waals surface area contributed by atoms with Gasteiger partial charge in [-0.15, -0.1) is 0 Å². The summed E-state index contributed by atoms with van der Waals surface area (Å²) in [4.78, 5) is 27.5. The van der Waals surface area contributed by atoms with Crippen LogP contribution in [-0.4, -0.2) is 41.0 Å². The van der Waals surface area contributed by atoms with Crippen molar-refractivity contribution in [3.05, 3.63) is 64.7 Å². The fraction of sp³-hybridized carbons (Fsp3) is 0.300. The summed E-state index contributed by atoms with van der Waals surface area (Å²) in [5.41, 5.74) is 0.959. The molecule has 28 heavy (non-hydrogen) atoms. The highest BCUT2D eigenvalue weighted by Gasteiger charge is 2.62. The number of rotatable bonds is 2. The minimum Gasteiger partial charge on any atom is -0.274 e. The Kier molecular flexibility index (Phi) is 4.01. The number of halogens is 3. The molecule has 5 nitrogen and oxygen atoms in total. The van der Waals surface area contributed by atoms with Crippen LogP contribution in [0.2, 0.25) is 5.02 Å². The lowest BCUT2D eigenvalue weighted by molar-refractivity contribution is -0.126. The van der Waals surface area contributed by atoms with Crippen molar-refractivity contribution in [3.8, 4) is 0 Å². The van der Waals surface area contributed by atoms with Crippen molar-refractivity contribution >= 4 is 29.1 Å². The molecule has 3 aliphatic heterocycles. The van der Waals surface area contributed by atoms with E-state index in [2.05, 4.69) is 0 Å². The molecule has 3 saturated heterocycles. The number of carbonyl (C=O) groups excluding carboxylic acids is 2. The topological polar surface area (TPSA) is 43.9 Å². The van der Waals surface area contributed by atoms with Gasteiger partial charge in [0.15, 0.2) is 0 Å². The number of hydrogen-bond donors (Lipinski definition) is 0. The molecule has 2 aromatic rings. The third-order valence-electron chi connectivity index (χ3n) is 5.78. The van der Waals surface area contributed by atoms with E-state index in [-0.39, 0.29) is 34.4 Å². The highest BCUT2D eigenvalue weighted by atomic mass is 35.5. The fourth-order valence-electron chi connectivity index (χ4n) is 4.65. The number of carbonyl (C=O) groups is 2. The summed E-state index contributed by atoms with van der Waals surface area (Å²) in [7, 11) is 0. The van der Waals surface area contributed by atoms with Crippen molar-refractivity contribution < 1.29 is 18.4 Å². The van der Waals surface area contributed by atoms with E-state index in [4.69, 9.17) is 11.6 Å². The first kappa shape index (κ1) is 17.7. The number of benzene rings is 2. The lowest BCUT2D eigenvalue weighted by atomic mass is 9.90. The van der Waals surface area contributed by atoms with Gasteiger partial charge in [0.25, 0.3) is 5.91 Å². The molecule has 8 heteroatoms. The molecule has 0 spiro atoms. The van der Waals surface area contributed by atoms with Gasteiger partial charge in [-0.3, -0.25) is 9.59 Å². The zero-order valence-corrected chi connectivity index (χ0v) is 15.4. The summed E-state index contributed by atoms with van der Waals surface area (Å²) < 4.78 is 27.3. The molecule has 144 valence electrons. The number of imide groups is 1. The highest BCUT2D eigenvalue weighted by Crippen LogP contribution is 2.49. The van der Waals surface area contributed by atoms with Crippen LogP contribution in [0.15, 0.2) is 42.5 Å². The molecule has 0 N–H and O–H groups in total. The molecule has 2 aromatic carbocycles. The largest absolute Gasteiger partial charge is 0.274 e. The Morgan fingerprint density at radius 3 is 2.25 bits per heavy atom. The van der Waals surface area contributed by atoms with Crippen molar-refractivity contribution in [3.63, 3.8) is 0 Å². The van der Waals surface area contributed by atoms with E-state index in [0.717, 1.165) is 29.5 Å². The summed E-state index contributed by atoms with van der Waals surface area (Å²) in [6.45, 7) is 1.39. The average Bonchev–Trinajstić information content (AvgIpc) is 3.31. The molecular formula is C20H16ClF2N3O2. The summed E-state index contributed by atoms with van der Waals surface area (Å²) in [6, 6.07) is 8.94. The van der Waals surface area contributed by atoms with Crippen molar-refractivity contribution in [1.29, 1.82) is 0 Å². The molecule has 0 aliphatic carbocycles. The van der Waals surface area contributed by atoms with Crippen LogP contribution >= 0.6 is 11.6 Å². The summed E-state index contributed by atoms with van der Waals surface area (Å²) >= 11 is 5.74. The Morgan fingerprint density at radius 2 is 1.57 bits per heavy atom. The summed E-state index contributed by atoms with van der Waals surface area (Å²) in [5, 5.41) is 3.90. The first-order valence-corrected chi connectivity index (χ1v) is 9.46. The third-order valence-corrected chi connectivity index (χ3v) is 6.09. The maximum absolute atomic E-state index is 13.9. The van der Waals surface area contributed by atoms with Gasteiger partial charge in [-0.05, 0) is 42.3 Å². The fourth-order valence-corrected chi connectivity index (χ4v) is 4.77. The normalized spacial score (nSPS) is 27.5. The lowest BCUT2D eigenvalue weighted by Gasteiger charge is -2.29. The molecule has 0 unspecified atom stereocenters. The van der Waals surface area contributed by atoms with Crippen LogP contribution in [0.25, 0.3) is 0 Å². The Labute approximate surface area is 165 Å². The Bertz CT molecular complexity index is 984. The molecular weight excluding hydrogens is 388 g/mol. The molecule has 3 aliphatic rings. The van der Waals surface area contributed by atoms with Crippen molar-refractivity contribution in [2.45, 2.75) is 18.5 Å². The summed E-state index contributed by atoms with van der Waals surface area (Å²) in [6.07, 6.45) is 0.873. The molecule has 3 atom stereocenters. The first-order chi connectivity index (χ1) is 13.5. The second kappa shape index (κ2) is 6.34. The maximum atomic E-state index is 13.9. The number of amides is 2. The van der Waals surface area contributed by atoms with Crippen LogP contribution in [0, 0.1) is 17.6 Å². The average molecular weight is 404 g/mol. The third kappa shape index (κ3) is 2.43. The van der Waals surface area contributed by atoms with E-state index in [1.54, 1.807) is 12.1 Å². The number of anilines is 1. The monoisotopic (exact) mass is 403 g/mol. The van der Waals surface area contributed by atoms with Crippen LogP contribution in [0.4, 0.5) is 14.5 Å². The van der Waals surface area contributed by atoms with E-state index in [1.807, 2.05) is 10.0 Å². The first-order valence-electron chi connectivity index (χ1n) is 9.09. The minimum absolute atomic E-state index is 0.0713. The van der Waals surface area contributed by atoms with Gasteiger partial charge >= 0.3 is 0 Å².